The molecule has 1 aliphatic rings. The molecule has 0 radical (unpaired) electrons. The predicted molar refractivity (Wildman–Crippen MR) is 80.6 cm³/mol. The smallest absolute Gasteiger partial charge is 0.407 e. The average Bonchev–Trinajstić information content (AvgIpc) is 2.96. The highest BCUT2D eigenvalue weighted by Gasteiger charge is 2.30. The van der Waals surface area contributed by atoms with Crippen molar-refractivity contribution in [3.05, 3.63) is 29.3 Å². The molecule has 1 aliphatic heterocycles. The molecule has 7 nitrogen and oxygen atoms in total. The van der Waals surface area contributed by atoms with Crippen molar-refractivity contribution in [1.29, 1.82) is 0 Å². The lowest BCUT2D eigenvalue weighted by Gasteiger charge is -2.08. The van der Waals surface area contributed by atoms with Crippen LogP contribution >= 0.6 is 0 Å². The Labute approximate surface area is 133 Å². The summed E-state index contributed by atoms with van der Waals surface area (Å²) in [5.74, 6) is -0.0982. The van der Waals surface area contributed by atoms with Gasteiger partial charge in [0.1, 0.15) is 5.75 Å². The lowest BCUT2D eigenvalue weighted by atomic mass is 10.0. The van der Waals surface area contributed by atoms with Gasteiger partial charge in [-0.15, -0.1) is 0 Å². The van der Waals surface area contributed by atoms with E-state index in [1.54, 1.807) is 32.0 Å². The number of rotatable bonds is 6. The Morgan fingerprint density at radius 2 is 1.96 bits per heavy atom. The van der Waals surface area contributed by atoms with Crippen molar-refractivity contribution in [2.75, 3.05) is 19.8 Å². The highest BCUT2D eigenvalue weighted by Crippen LogP contribution is 2.30. The number of ether oxygens (including phenoxy) is 3. The molecule has 0 saturated carbocycles. The van der Waals surface area contributed by atoms with Gasteiger partial charge in [0.25, 0.3) is 0 Å². The number of ketones is 1. The standard InChI is InChI=1S/C16H19NO6/c1-3-21-15(19)14-8-11-7-10(5-6-13(11)23-14)12(18)9-17-16(20)22-4-2/h5-7,14H,3-4,8-9H2,1-2H3,(H,17,20). The molecular formula is C16H19NO6. The van der Waals surface area contributed by atoms with Gasteiger partial charge in [0.15, 0.2) is 11.9 Å². The first kappa shape index (κ1) is 16.8. The maximum Gasteiger partial charge on any atom is 0.407 e. The van der Waals surface area contributed by atoms with Crippen LogP contribution in [0.25, 0.3) is 0 Å². The molecule has 1 N–H and O–H groups in total. The van der Waals surface area contributed by atoms with Gasteiger partial charge in [-0.1, -0.05) is 0 Å². The fourth-order valence-corrected chi connectivity index (χ4v) is 2.23. The zero-order valence-corrected chi connectivity index (χ0v) is 13.1. The Bertz CT molecular complexity index is 613. The van der Waals surface area contributed by atoms with E-state index in [1.807, 2.05) is 0 Å². The zero-order chi connectivity index (χ0) is 16.8. The van der Waals surface area contributed by atoms with Gasteiger partial charge >= 0.3 is 12.1 Å². The molecule has 0 fully saturated rings. The zero-order valence-electron chi connectivity index (χ0n) is 13.1. The first-order valence-corrected chi connectivity index (χ1v) is 7.45. The van der Waals surface area contributed by atoms with Crippen LogP contribution < -0.4 is 10.1 Å². The second-order valence-corrected chi connectivity index (χ2v) is 4.88. The summed E-state index contributed by atoms with van der Waals surface area (Å²) >= 11 is 0. The first-order valence-electron chi connectivity index (χ1n) is 7.45. The van der Waals surface area contributed by atoms with E-state index < -0.39 is 18.2 Å². The molecule has 1 atom stereocenters. The second-order valence-electron chi connectivity index (χ2n) is 4.88. The van der Waals surface area contributed by atoms with E-state index in [4.69, 9.17) is 14.2 Å². The van der Waals surface area contributed by atoms with Crippen molar-refractivity contribution in [3.63, 3.8) is 0 Å². The van der Waals surface area contributed by atoms with Crippen LogP contribution in [0, 0.1) is 0 Å². The summed E-state index contributed by atoms with van der Waals surface area (Å²) < 4.78 is 15.1. The number of fused-ring (bicyclic) bond motifs is 1. The summed E-state index contributed by atoms with van der Waals surface area (Å²) in [5, 5.41) is 2.38. The fraction of sp³-hybridized carbons (Fsp3) is 0.438. The maximum absolute atomic E-state index is 12.1. The molecule has 1 heterocycles. The second kappa shape index (κ2) is 7.62. The third-order valence-electron chi connectivity index (χ3n) is 3.28. The molecule has 0 bridgehead atoms. The van der Waals surface area contributed by atoms with Gasteiger partial charge in [-0.05, 0) is 37.6 Å². The normalized spacial score (nSPS) is 15.3. The van der Waals surface area contributed by atoms with Crippen molar-refractivity contribution in [1.82, 2.24) is 5.32 Å². The Morgan fingerprint density at radius 1 is 1.22 bits per heavy atom. The number of benzene rings is 1. The molecular weight excluding hydrogens is 302 g/mol. The van der Waals surface area contributed by atoms with Crippen molar-refractivity contribution < 1.29 is 28.6 Å². The van der Waals surface area contributed by atoms with E-state index >= 15 is 0 Å². The van der Waals surface area contributed by atoms with Gasteiger partial charge in [-0.2, -0.15) is 0 Å². The van der Waals surface area contributed by atoms with Gasteiger partial charge in [0.05, 0.1) is 19.8 Å². The summed E-state index contributed by atoms with van der Waals surface area (Å²) in [4.78, 5) is 35.0. The van der Waals surface area contributed by atoms with Crippen LogP contribution in [0.1, 0.15) is 29.8 Å². The molecule has 0 saturated heterocycles. The molecule has 0 aromatic heterocycles. The average molecular weight is 321 g/mol. The molecule has 124 valence electrons. The van der Waals surface area contributed by atoms with Crippen molar-refractivity contribution in [3.8, 4) is 5.75 Å². The quantitative estimate of drug-likeness (QED) is 0.630. The number of hydrogen-bond donors (Lipinski definition) is 1. The van der Waals surface area contributed by atoms with E-state index in [9.17, 15) is 14.4 Å². The number of carbonyl (C=O) groups excluding carboxylic acids is 3. The van der Waals surface area contributed by atoms with Crippen LogP contribution in [0.4, 0.5) is 4.79 Å². The van der Waals surface area contributed by atoms with Crippen LogP contribution in [-0.2, 0) is 20.7 Å². The van der Waals surface area contributed by atoms with Gasteiger partial charge in [-0.3, -0.25) is 4.79 Å². The number of esters is 1. The van der Waals surface area contributed by atoms with E-state index in [1.165, 1.54) is 0 Å². The Balaban J connectivity index is 1.98. The number of amides is 1. The Kier molecular flexibility index (Phi) is 5.56. The summed E-state index contributed by atoms with van der Waals surface area (Å²) in [5.41, 5.74) is 1.21. The Hall–Kier alpha value is -2.57. The number of Topliss-reactive ketones (excluding diaryl/α,β-unsaturated/α-hetero) is 1. The van der Waals surface area contributed by atoms with Gasteiger partial charge in [0, 0.05) is 12.0 Å². The monoisotopic (exact) mass is 321 g/mol. The number of carbonyl (C=O) groups is 3. The van der Waals surface area contributed by atoms with Crippen molar-refractivity contribution in [2.24, 2.45) is 0 Å². The van der Waals surface area contributed by atoms with E-state index in [-0.39, 0.29) is 25.5 Å². The molecule has 1 unspecified atom stereocenters. The topological polar surface area (TPSA) is 90.9 Å². The summed E-state index contributed by atoms with van der Waals surface area (Å²) in [7, 11) is 0. The minimum absolute atomic E-state index is 0.153. The minimum Gasteiger partial charge on any atom is -0.478 e. The van der Waals surface area contributed by atoms with Crippen molar-refractivity contribution in [2.45, 2.75) is 26.4 Å². The summed E-state index contributed by atoms with van der Waals surface area (Å²) in [6, 6.07) is 4.91. The molecule has 1 aromatic rings. The van der Waals surface area contributed by atoms with Crippen LogP contribution in [0.5, 0.6) is 5.75 Å². The van der Waals surface area contributed by atoms with Crippen LogP contribution in [0.2, 0.25) is 0 Å². The molecule has 1 amide bonds. The largest absolute Gasteiger partial charge is 0.478 e. The third-order valence-corrected chi connectivity index (χ3v) is 3.28. The van der Waals surface area contributed by atoms with Crippen LogP contribution in [0.15, 0.2) is 18.2 Å². The Morgan fingerprint density at radius 3 is 2.65 bits per heavy atom. The predicted octanol–water partition coefficient (Wildman–Crippen LogP) is 1.48. The number of alkyl carbamates (subject to hydrolysis) is 1. The van der Waals surface area contributed by atoms with Gasteiger partial charge < -0.3 is 19.5 Å². The SMILES string of the molecule is CCOC(=O)NCC(=O)c1ccc2c(c1)CC(C(=O)OCC)O2. The molecule has 1 aromatic carbocycles. The lowest BCUT2D eigenvalue weighted by Crippen LogP contribution is -2.30. The number of nitrogens with one attached hydrogen (secondary N) is 1. The fourth-order valence-electron chi connectivity index (χ4n) is 2.23. The molecule has 23 heavy (non-hydrogen) atoms. The third kappa shape index (κ3) is 4.21. The lowest BCUT2D eigenvalue weighted by molar-refractivity contribution is -0.150. The molecule has 0 spiro atoms. The van der Waals surface area contributed by atoms with Gasteiger partial charge in [0.2, 0.25) is 0 Å². The number of hydrogen-bond acceptors (Lipinski definition) is 6. The van der Waals surface area contributed by atoms with Crippen molar-refractivity contribution >= 4 is 17.8 Å². The molecule has 7 heteroatoms. The highest BCUT2D eigenvalue weighted by atomic mass is 16.6. The summed E-state index contributed by atoms with van der Waals surface area (Å²) in [6.45, 7) is 3.79. The highest BCUT2D eigenvalue weighted by molar-refractivity contribution is 5.99. The van der Waals surface area contributed by atoms with Gasteiger partial charge in [-0.25, -0.2) is 9.59 Å². The first-order chi connectivity index (χ1) is 11.0. The van der Waals surface area contributed by atoms with Crippen LogP contribution in [0.3, 0.4) is 0 Å². The van der Waals surface area contributed by atoms with Crippen LogP contribution in [-0.4, -0.2) is 43.7 Å². The minimum atomic E-state index is -0.673. The molecule has 2 rings (SSSR count). The van der Waals surface area contributed by atoms with E-state index in [0.29, 0.717) is 17.7 Å². The van der Waals surface area contributed by atoms with E-state index in [0.717, 1.165) is 5.56 Å². The summed E-state index contributed by atoms with van der Waals surface area (Å²) in [6.07, 6.45) is -0.943. The molecule has 0 aliphatic carbocycles. The van der Waals surface area contributed by atoms with E-state index in [2.05, 4.69) is 5.32 Å². The maximum atomic E-state index is 12.1.